The Morgan fingerprint density at radius 1 is 1.50 bits per heavy atom. The van der Waals surface area contributed by atoms with Crippen LogP contribution in [0.1, 0.15) is 39.0 Å². The van der Waals surface area contributed by atoms with Crippen LogP contribution in [-0.4, -0.2) is 23.2 Å². The standard InChI is InChI=1S/C11H19NO2/c1-7(4-11(13)14)12-10-6-8-2-3-9(10)5-8/h7-10,12H,2-6H2,1H3,(H,13,14). The van der Waals surface area contributed by atoms with Crippen molar-refractivity contribution in [3.63, 3.8) is 0 Å². The first-order valence-electron chi connectivity index (χ1n) is 5.63. The summed E-state index contributed by atoms with van der Waals surface area (Å²) in [5.41, 5.74) is 0. The Hall–Kier alpha value is -0.570. The number of carboxylic acids is 1. The zero-order valence-electron chi connectivity index (χ0n) is 8.70. The highest BCUT2D eigenvalue weighted by molar-refractivity contribution is 5.67. The van der Waals surface area contributed by atoms with Crippen LogP contribution in [0.25, 0.3) is 0 Å². The molecule has 0 aromatic carbocycles. The fourth-order valence-electron chi connectivity index (χ4n) is 3.14. The lowest BCUT2D eigenvalue weighted by atomic mass is 9.94. The van der Waals surface area contributed by atoms with Gasteiger partial charge in [-0.05, 0) is 38.0 Å². The molecule has 0 aromatic rings. The van der Waals surface area contributed by atoms with E-state index in [4.69, 9.17) is 5.11 Å². The third kappa shape index (κ3) is 2.08. The van der Waals surface area contributed by atoms with Gasteiger partial charge in [0.15, 0.2) is 0 Å². The smallest absolute Gasteiger partial charge is 0.304 e. The minimum atomic E-state index is -0.701. The minimum Gasteiger partial charge on any atom is -0.481 e. The molecule has 2 fully saturated rings. The normalized spacial score (nSPS) is 37.4. The number of hydrogen-bond acceptors (Lipinski definition) is 2. The fraction of sp³-hybridized carbons (Fsp3) is 0.909. The van der Waals surface area contributed by atoms with Crippen LogP contribution < -0.4 is 5.32 Å². The van der Waals surface area contributed by atoms with Crippen LogP contribution in [0.4, 0.5) is 0 Å². The molecule has 0 aromatic heterocycles. The second kappa shape index (κ2) is 3.89. The molecule has 3 heteroatoms. The molecule has 2 aliphatic carbocycles. The molecule has 2 aliphatic rings. The summed E-state index contributed by atoms with van der Waals surface area (Å²) < 4.78 is 0. The van der Waals surface area contributed by atoms with E-state index in [-0.39, 0.29) is 12.5 Å². The lowest BCUT2D eigenvalue weighted by Crippen LogP contribution is -2.40. The molecular weight excluding hydrogens is 178 g/mol. The van der Waals surface area contributed by atoms with Crippen LogP contribution in [0.5, 0.6) is 0 Å². The molecule has 0 spiro atoms. The topological polar surface area (TPSA) is 49.3 Å². The van der Waals surface area contributed by atoms with Gasteiger partial charge in [-0.3, -0.25) is 4.79 Å². The summed E-state index contributed by atoms with van der Waals surface area (Å²) in [4.78, 5) is 10.5. The molecule has 2 rings (SSSR count). The average Bonchev–Trinajstić information content (AvgIpc) is 2.62. The summed E-state index contributed by atoms with van der Waals surface area (Å²) in [6.07, 6.45) is 5.64. The SMILES string of the molecule is CC(CC(=O)O)NC1CC2CCC1C2. The average molecular weight is 197 g/mol. The van der Waals surface area contributed by atoms with E-state index in [0.717, 1.165) is 11.8 Å². The van der Waals surface area contributed by atoms with Crippen molar-refractivity contribution >= 4 is 5.97 Å². The quantitative estimate of drug-likeness (QED) is 0.720. The largest absolute Gasteiger partial charge is 0.481 e. The highest BCUT2D eigenvalue weighted by atomic mass is 16.4. The summed E-state index contributed by atoms with van der Waals surface area (Å²) >= 11 is 0. The second-order valence-electron chi connectivity index (χ2n) is 4.95. The summed E-state index contributed by atoms with van der Waals surface area (Å²) in [6.45, 7) is 1.97. The Labute approximate surface area is 84.9 Å². The molecule has 0 heterocycles. The molecule has 2 saturated carbocycles. The number of carboxylic acid groups (broad SMARTS) is 1. The van der Waals surface area contributed by atoms with Gasteiger partial charge in [-0.25, -0.2) is 0 Å². The molecule has 80 valence electrons. The number of fused-ring (bicyclic) bond motifs is 2. The van der Waals surface area contributed by atoms with Crippen LogP contribution in [0, 0.1) is 11.8 Å². The van der Waals surface area contributed by atoms with E-state index in [1.807, 2.05) is 6.92 Å². The molecule has 4 unspecified atom stereocenters. The van der Waals surface area contributed by atoms with E-state index in [0.29, 0.717) is 6.04 Å². The predicted octanol–water partition coefficient (Wildman–Crippen LogP) is 1.63. The maximum absolute atomic E-state index is 10.5. The summed E-state index contributed by atoms with van der Waals surface area (Å²) in [6, 6.07) is 0.722. The van der Waals surface area contributed by atoms with Crippen molar-refractivity contribution in [2.45, 2.75) is 51.1 Å². The van der Waals surface area contributed by atoms with Gasteiger partial charge < -0.3 is 10.4 Å². The molecule has 0 amide bonds. The van der Waals surface area contributed by atoms with Crippen LogP contribution in [0.15, 0.2) is 0 Å². The Morgan fingerprint density at radius 3 is 2.79 bits per heavy atom. The monoisotopic (exact) mass is 197 g/mol. The van der Waals surface area contributed by atoms with Gasteiger partial charge in [0.1, 0.15) is 0 Å². The van der Waals surface area contributed by atoms with Gasteiger partial charge in [-0.2, -0.15) is 0 Å². The molecule has 0 saturated heterocycles. The Bertz CT molecular complexity index is 229. The van der Waals surface area contributed by atoms with Crippen LogP contribution in [-0.2, 0) is 4.79 Å². The Morgan fingerprint density at radius 2 is 2.29 bits per heavy atom. The van der Waals surface area contributed by atoms with Gasteiger partial charge in [-0.15, -0.1) is 0 Å². The van der Waals surface area contributed by atoms with Gasteiger partial charge in [0.25, 0.3) is 0 Å². The van der Waals surface area contributed by atoms with E-state index in [1.165, 1.54) is 25.7 Å². The van der Waals surface area contributed by atoms with Crippen LogP contribution in [0.3, 0.4) is 0 Å². The van der Waals surface area contributed by atoms with Gasteiger partial charge in [0.05, 0.1) is 6.42 Å². The Balaban J connectivity index is 1.78. The third-order valence-electron chi connectivity index (χ3n) is 3.72. The number of aliphatic carboxylic acids is 1. The lowest BCUT2D eigenvalue weighted by molar-refractivity contribution is -0.137. The van der Waals surface area contributed by atoms with Crippen molar-refractivity contribution in [1.29, 1.82) is 0 Å². The number of nitrogens with one attached hydrogen (secondary N) is 1. The van der Waals surface area contributed by atoms with Crippen LogP contribution in [0.2, 0.25) is 0 Å². The van der Waals surface area contributed by atoms with E-state index >= 15 is 0 Å². The maximum Gasteiger partial charge on any atom is 0.304 e. The predicted molar refractivity (Wildman–Crippen MR) is 54.1 cm³/mol. The summed E-state index contributed by atoms with van der Waals surface area (Å²) in [7, 11) is 0. The number of carbonyl (C=O) groups is 1. The van der Waals surface area contributed by atoms with Crippen molar-refractivity contribution in [3.8, 4) is 0 Å². The van der Waals surface area contributed by atoms with Crippen molar-refractivity contribution in [1.82, 2.24) is 5.32 Å². The van der Waals surface area contributed by atoms with E-state index < -0.39 is 5.97 Å². The molecule has 0 radical (unpaired) electrons. The van der Waals surface area contributed by atoms with Crippen molar-refractivity contribution in [3.05, 3.63) is 0 Å². The highest BCUT2D eigenvalue weighted by Crippen LogP contribution is 2.44. The van der Waals surface area contributed by atoms with Gasteiger partial charge >= 0.3 is 5.97 Å². The first-order valence-corrected chi connectivity index (χ1v) is 5.63. The van der Waals surface area contributed by atoms with Gasteiger partial charge in [0.2, 0.25) is 0 Å². The van der Waals surface area contributed by atoms with Gasteiger partial charge in [-0.1, -0.05) is 6.42 Å². The molecule has 4 atom stereocenters. The zero-order valence-corrected chi connectivity index (χ0v) is 8.70. The number of rotatable bonds is 4. The van der Waals surface area contributed by atoms with Crippen molar-refractivity contribution in [2.24, 2.45) is 11.8 Å². The third-order valence-corrected chi connectivity index (χ3v) is 3.72. The molecule has 2 N–H and O–H groups in total. The maximum atomic E-state index is 10.5. The lowest BCUT2D eigenvalue weighted by Gasteiger charge is -2.26. The minimum absolute atomic E-state index is 0.122. The van der Waals surface area contributed by atoms with Crippen molar-refractivity contribution in [2.75, 3.05) is 0 Å². The molecule has 14 heavy (non-hydrogen) atoms. The Kier molecular flexibility index (Phi) is 2.77. The molecular formula is C11H19NO2. The summed E-state index contributed by atoms with van der Waals surface area (Å²) in [5.74, 6) is 1.05. The highest BCUT2D eigenvalue weighted by Gasteiger charge is 2.39. The zero-order chi connectivity index (χ0) is 10.1. The fourth-order valence-corrected chi connectivity index (χ4v) is 3.14. The first kappa shape index (κ1) is 9.97. The molecule has 0 aliphatic heterocycles. The first-order chi connectivity index (χ1) is 6.65. The second-order valence-corrected chi connectivity index (χ2v) is 4.95. The van der Waals surface area contributed by atoms with E-state index in [9.17, 15) is 4.79 Å². The molecule has 3 nitrogen and oxygen atoms in total. The van der Waals surface area contributed by atoms with E-state index in [1.54, 1.807) is 0 Å². The van der Waals surface area contributed by atoms with E-state index in [2.05, 4.69) is 5.32 Å². The van der Waals surface area contributed by atoms with Crippen LogP contribution >= 0.6 is 0 Å². The van der Waals surface area contributed by atoms with Gasteiger partial charge in [0, 0.05) is 12.1 Å². The summed E-state index contributed by atoms with van der Waals surface area (Å²) in [5, 5.41) is 12.1. The number of hydrogen-bond donors (Lipinski definition) is 2. The van der Waals surface area contributed by atoms with Crippen molar-refractivity contribution < 1.29 is 9.90 Å². The molecule has 2 bridgehead atoms.